The van der Waals surface area contributed by atoms with Crippen molar-refractivity contribution in [1.82, 2.24) is 4.90 Å². The van der Waals surface area contributed by atoms with Gasteiger partial charge in [-0.1, -0.05) is 36.4 Å². The summed E-state index contributed by atoms with van der Waals surface area (Å²) in [4.78, 5) is 2.10. The second-order valence-electron chi connectivity index (χ2n) is 4.75. The van der Waals surface area contributed by atoms with Gasteiger partial charge in [0, 0.05) is 12.6 Å². The van der Waals surface area contributed by atoms with Crippen LogP contribution in [0.2, 0.25) is 0 Å². The zero-order valence-corrected chi connectivity index (χ0v) is 11.1. The summed E-state index contributed by atoms with van der Waals surface area (Å²) in [6, 6.07) is 14.2. The summed E-state index contributed by atoms with van der Waals surface area (Å²) >= 11 is 0. The van der Waals surface area contributed by atoms with Gasteiger partial charge in [-0.3, -0.25) is 4.90 Å². The third kappa shape index (κ3) is 3.38. The Morgan fingerprint density at radius 2 is 1.68 bits per heavy atom. The third-order valence-electron chi connectivity index (χ3n) is 3.36. The van der Waals surface area contributed by atoms with Crippen molar-refractivity contribution in [3.8, 4) is 0 Å². The van der Waals surface area contributed by atoms with Gasteiger partial charge in [0.2, 0.25) is 0 Å². The van der Waals surface area contributed by atoms with E-state index < -0.39 is 11.6 Å². The van der Waals surface area contributed by atoms with Crippen molar-refractivity contribution in [2.24, 2.45) is 0 Å². The lowest BCUT2D eigenvalue weighted by Crippen LogP contribution is -2.22. The van der Waals surface area contributed by atoms with Crippen molar-refractivity contribution in [2.75, 3.05) is 7.05 Å². The molecule has 2 aromatic rings. The van der Waals surface area contributed by atoms with Crippen LogP contribution in [0.1, 0.15) is 24.1 Å². The van der Waals surface area contributed by atoms with Crippen molar-refractivity contribution in [3.05, 3.63) is 71.3 Å². The Balaban J connectivity index is 2.10. The second-order valence-corrected chi connectivity index (χ2v) is 4.75. The minimum atomic E-state index is -0.804. The summed E-state index contributed by atoms with van der Waals surface area (Å²) < 4.78 is 26.2. The molecule has 0 amide bonds. The van der Waals surface area contributed by atoms with Crippen LogP contribution in [0.25, 0.3) is 0 Å². The predicted molar refractivity (Wildman–Crippen MR) is 72.7 cm³/mol. The minimum absolute atomic E-state index is 0.0234. The van der Waals surface area contributed by atoms with Crippen LogP contribution in [0.5, 0.6) is 0 Å². The molecule has 0 aliphatic rings. The van der Waals surface area contributed by atoms with Crippen LogP contribution in [0.15, 0.2) is 48.5 Å². The standard InChI is InChI=1S/C16H17F2N/c1-12(14-8-9-15(17)16(18)10-14)19(2)11-13-6-4-3-5-7-13/h3-10,12H,11H2,1-2H3. The average molecular weight is 261 g/mol. The molecule has 19 heavy (non-hydrogen) atoms. The Labute approximate surface area is 112 Å². The van der Waals surface area contributed by atoms with Gasteiger partial charge in [0.1, 0.15) is 0 Å². The zero-order chi connectivity index (χ0) is 13.8. The van der Waals surface area contributed by atoms with Crippen molar-refractivity contribution in [2.45, 2.75) is 19.5 Å². The zero-order valence-electron chi connectivity index (χ0n) is 11.1. The highest BCUT2D eigenvalue weighted by molar-refractivity contribution is 5.21. The Morgan fingerprint density at radius 1 is 1.00 bits per heavy atom. The van der Waals surface area contributed by atoms with E-state index in [1.165, 1.54) is 17.7 Å². The Bertz CT molecular complexity index is 540. The molecule has 2 rings (SSSR count). The lowest BCUT2D eigenvalue weighted by molar-refractivity contribution is 0.252. The first-order chi connectivity index (χ1) is 9.08. The lowest BCUT2D eigenvalue weighted by Gasteiger charge is -2.25. The number of hydrogen-bond donors (Lipinski definition) is 0. The summed E-state index contributed by atoms with van der Waals surface area (Å²) in [7, 11) is 1.97. The van der Waals surface area contributed by atoms with E-state index in [-0.39, 0.29) is 6.04 Å². The van der Waals surface area contributed by atoms with Crippen molar-refractivity contribution >= 4 is 0 Å². The fourth-order valence-corrected chi connectivity index (χ4v) is 2.04. The predicted octanol–water partition coefficient (Wildman–Crippen LogP) is 4.16. The molecule has 0 fully saturated rings. The first kappa shape index (κ1) is 13.7. The van der Waals surface area contributed by atoms with E-state index in [1.807, 2.05) is 32.2 Å². The van der Waals surface area contributed by atoms with Crippen LogP contribution in [-0.2, 0) is 6.54 Å². The van der Waals surface area contributed by atoms with E-state index in [9.17, 15) is 8.78 Å². The summed E-state index contributed by atoms with van der Waals surface area (Å²) in [5.74, 6) is -1.60. The number of benzene rings is 2. The molecule has 100 valence electrons. The maximum Gasteiger partial charge on any atom is 0.159 e. The monoisotopic (exact) mass is 261 g/mol. The molecule has 0 radical (unpaired) electrons. The van der Waals surface area contributed by atoms with E-state index in [0.717, 1.165) is 12.1 Å². The van der Waals surface area contributed by atoms with Crippen LogP contribution in [0.3, 0.4) is 0 Å². The topological polar surface area (TPSA) is 3.24 Å². The molecule has 0 heterocycles. The molecule has 3 heteroatoms. The highest BCUT2D eigenvalue weighted by atomic mass is 19.2. The van der Waals surface area contributed by atoms with Gasteiger partial charge in [-0.05, 0) is 37.2 Å². The molecular weight excluding hydrogens is 244 g/mol. The molecule has 1 nitrogen and oxygen atoms in total. The highest BCUT2D eigenvalue weighted by Gasteiger charge is 2.14. The molecule has 0 aliphatic heterocycles. The average Bonchev–Trinajstić information content (AvgIpc) is 2.42. The fraction of sp³-hybridized carbons (Fsp3) is 0.250. The molecule has 0 spiro atoms. The second kappa shape index (κ2) is 5.93. The maximum atomic E-state index is 13.2. The number of rotatable bonds is 4. The van der Waals surface area contributed by atoms with Crippen LogP contribution in [0.4, 0.5) is 8.78 Å². The van der Waals surface area contributed by atoms with Crippen molar-refractivity contribution < 1.29 is 8.78 Å². The molecular formula is C16H17F2N. The molecule has 1 unspecified atom stereocenters. The Hall–Kier alpha value is -1.74. The molecule has 0 bridgehead atoms. The normalized spacial score (nSPS) is 12.7. The van der Waals surface area contributed by atoms with Crippen LogP contribution < -0.4 is 0 Å². The van der Waals surface area contributed by atoms with E-state index in [2.05, 4.69) is 17.0 Å². The van der Waals surface area contributed by atoms with Gasteiger partial charge in [0.15, 0.2) is 11.6 Å². The fourth-order valence-electron chi connectivity index (χ4n) is 2.04. The van der Waals surface area contributed by atoms with Gasteiger partial charge in [-0.25, -0.2) is 8.78 Å². The molecule has 2 aromatic carbocycles. The SMILES string of the molecule is CC(c1ccc(F)c(F)c1)N(C)Cc1ccccc1. The first-order valence-corrected chi connectivity index (χ1v) is 6.27. The summed E-state index contributed by atoms with van der Waals surface area (Å²) in [5, 5.41) is 0. The Morgan fingerprint density at radius 3 is 2.32 bits per heavy atom. The molecule has 0 saturated carbocycles. The van der Waals surface area contributed by atoms with Crippen LogP contribution in [0, 0.1) is 11.6 Å². The van der Waals surface area contributed by atoms with Gasteiger partial charge in [0.25, 0.3) is 0 Å². The quantitative estimate of drug-likeness (QED) is 0.799. The smallest absolute Gasteiger partial charge is 0.159 e. The van der Waals surface area contributed by atoms with Gasteiger partial charge in [-0.15, -0.1) is 0 Å². The molecule has 0 N–H and O–H groups in total. The maximum absolute atomic E-state index is 13.2. The summed E-state index contributed by atoms with van der Waals surface area (Å²) in [5.41, 5.74) is 1.97. The van der Waals surface area contributed by atoms with E-state index >= 15 is 0 Å². The van der Waals surface area contributed by atoms with Crippen LogP contribution in [-0.4, -0.2) is 11.9 Å². The molecule has 0 aromatic heterocycles. The van der Waals surface area contributed by atoms with Crippen molar-refractivity contribution in [1.29, 1.82) is 0 Å². The van der Waals surface area contributed by atoms with E-state index in [1.54, 1.807) is 6.07 Å². The molecule has 0 saturated heterocycles. The molecule has 1 atom stereocenters. The minimum Gasteiger partial charge on any atom is -0.295 e. The first-order valence-electron chi connectivity index (χ1n) is 6.27. The number of nitrogens with zero attached hydrogens (tertiary/aromatic N) is 1. The van der Waals surface area contributed by atoms with Gasteiger partial charge in [0.05, 0.1) is 0 Å². The van der Waals surface area contributed by atoms with Crippen molar-refractivity contribution in [3.63, 3.8) is 0 Å². The summed E-state index contributed by atoms with van der Waals surface area (Å²) in [6.07, 6.45) is 0. The number of halogens is 2. The lowest BCUT2D eigenvalue weighted by atomic mass is 10.1. The largest absolute Gasteiger partial charge is 0.295 e. The van der Waals surface area contributed by atoms with Gasteiger partial charge >= 0.3 is 0 Å². The third-order valence-corrected chi connectivity index (χ3v) is 3.36. The molecule has 0 aliphatic carbocycles. The van der Waals surface area contributed by atoms with E-state index in [4.69, 9.17) is 0 Å². The van der Waals surface area contributed by atoms with Crippen LogP contribution >= 0.6 is 0 Å². The number of hydrogen-bond acceptors (Lipinski definition) is 1. The highest BCUT2D eigenvalue weighted by Crippen LogP contribution is 2.22. The summed E-state index contributed by atoms with van der Waals surface area (Å²) in [6.45, 7) is 2.75. The Kier molecular flexibility index (Phi) is 4.27. The van der Waals surface area contributed by atoms with Gasteiger partial charge in [-0.2, -0.15) is 0 Å². The van der Waals surface area contributed by atoms with E-state index in [0.29, 0.717) is 0 Å². The van der Waals surface area contributed by atoms with Gasteiger partial charge < -0.3 is 0 Å².